The number of rotatable bonds is 2. The third-order valence-electron chi connectivity index (χ3n) is 1.84. The summed E-state index contributed by atoms with van der Waals surface area (Å²) in [6, 6.07) is 0.992. The van der Waals surface area contributed by atoms with Crippen LogP contribution in [-0.2, 0) is 0 Å². The molecule has 0 bridgehead atoms. The van der Waals surface area contributed by atoms with Gasteiger partial charge >= 0.3 is 0 Å². The van der Waals surface area contributed by atoms with Crippen molar-refractivity contribution in [2.75, 3.05) is 18.6 Å². The van der Waals surface area contributed by atoms with E-state index in [4.69, 9.17) is 0 Å². The van der Waals surface area contributed by atoms with Gasteiger partial charge in [0.25, 0.3) is 0 Å². The SMILES string of the molecule is C[N+](C)(CI)C1CC1. The van der Waals surface area contributed by atoms with Gasteiger partial charge in [-0.15, -0.1) is 0 Å². The van der Waals surface area contributed by atoms with Gasteiger partial charge in [-0.05, 0) is 22.6 Å². The molecule has 0 heterocycles. The van der Waals surface area contributed by atoms with Gasteiger partial charge in [-0.25, -0.2) is 0 Å². The molecule has 1 aliphatic carbocycles. The molecule has 0 radical (unpaired) electrons. The van der Waals surface area contributed by atoms with E-state index in [1.54, 1.807) is 0 Å². The van der Waals surface area contributed by atoms with Gasteiger partial charge in [-0.1, -0.05) is 0 Å². The minimum Gasteiger partial charge on any atom is -0.318 e. The van der Waals surface area contributed by atoms with E-state index in [2.05, 4.69) is 36.7 Å². The summed E-state index contributed by atoms with van der Waals surface area (Å²) >= 11 is 2.46. The molecule has 0 amide bonds. The van der Waals surface area contributed by atoms with Gasteiger partial charge in [-0.2, -0.15) is 0 Å². The number of hydrogen-bond donors (Lipinski definition) is 0. The first-order valence-electron chi connectivity index (χ1n) is 3.05. The van der Waals surface area contributed by atoms with E-state index in [1.807, 2.05) is 0 Å². The first-order valence-corrected chi connectivity index (χ1v) is 4.58. The molecule has 1 rings (SSSR count). The third-order valence-corrected chi connectivity index (χ3v) is 3.60. The molecule has 0 aromatic carbocycles. The second kappa shape index (κ2) is 2.14. The van der Waals surface area contributed by atoms with Crippen LogP contribution in [0.25, 0.3) is 0 Å². The highest BCUT2D eigenvalue weighted by Crippen LogP contribution is 2.30. The summed E-state index contributed by atoms with van der Waals surface area (Å²) < 4.78 is 2.48. The van der Waals surface area contributed by atoms with Crippen molar-refractivity contribution in [3.05, 3.63) is 0 Å². The molecule has 0 aromatic heterocycles. The van der Waals surface area contributed by atoms with Gasteiger partial charge < -0.3 is 4.48 Å². The maximum atomic E-state index is 2.46. The van der Waals surface area contributed by atoms with Gasteiger partial charge in [0.1, 0.15) is 4.55 Å². The molecule has 1 aliphatic rings. The molecule has 0 atom stereocenters. The molecule has 1 nitrogen and oxygen atoms in total. The predicted molar refractivity (Wildman–Crippen MR) is 44.0 cm³/mol. The zero-order valence-corrected chi connectivity index (χ0v) is 7.68. The average molecular weight is 226 g/mol. The minimum atomic E-state index is 0.992. The molecule has 0 unspecified atom stereocenters. The quantitative estimate of drug-likeness (QED) is 0.290. The maximum absolute atomic E-state index is 2.46. The highest BCUT2D eigenvalue weighted by molar-refractivity contribution is 14.1. The largest absolute Gasteiger partial charge is 0.318 e. The standard InChI is InChI=1S/C6H13IN/c1-8(2,5-7)6-3-4-6/h6H,3-5H2,1-2H3/q+1. The van der Waals surface area contributed by atoms with Crippen molar-refractivity contribution in [2.45, 2.75) is 18.9 Å². The lowest BCUT2D eigenvalue weighted by molar-refractivity contribution is -0.885. The molecule has 0 spiro atoms. The summed E-state index contributed by atoms with van der Waals surface area (Å²) in [7, 11) is 4.62. The highest BCUT2D eigenvalue weighted by Gasteiger charge is 2.36. The van der Waals surface area contributed by atoms with Crippen LogP contribution < -0.4 is 0 Å². The first kappa shape index (κ1) is 6.81. The Kier molecular flexibility index (Phi) is 1.82. The summed E-state index contributed by atoms with van der Waals surface area (Å²) in [5, 5.41) is 0. The van der Waals surface area contributed by atoms with Crippen LogP contribution in [0.15, 0.2) is 0 Å². The van der Waals surface area contributed by atoms with Gasteiger partial charge in [0.2, 0.25) is 0 Å². The summed E-state index contributed by atoms with van der Waals surface area (Å²) in [6.07, 6.45) is 2.91. The van der Waals surface area contributed by atoms with Crippen LogP contribution in [0, 0.1) is 0 Å². The van der Waals surface area contributed by atoms with E-state index in [1.165, 1.54) is 21.9 Å². The van der Waals surface area contributed by atoms with Gasteiger partial charge in [0.05, 0.1) is 20.1 Å². The summed E-state index contributed by atoms with van der Waals surface area (Å²) in [6.45, 7) is 0. The Morgan fingerprint density at radius 3 is 2.12 bits per heavy atom. The molecule has 1 saturated carbocycles. The lowest BCUT2D eigenvalue weighted by Crippen LogP contribution is -2.39. The van der Waals surface area contributed by atoms with E-state index in [0.717, 1.165) is 6.04 Å². The number of hydrogen-bond acceptors (Lipinski definition) is 0. The topological polar surface area (TPSA) is 0 Å². The Morgan fingerprint density at radius 1 is 1.50 bits per heavy atom. The zero-order chi connectivity index (χ0) is 6.20. The molecule has 2 heteroatoms. The van der Waals surface area contributed by atoms with Crippen molar-refractivity contribution in [3.63, 3.8) is 0 Å². The fraction of sp³-hybridized carbons (Fsp3) is 1.00. The molecule has 0 aliphatic heterocycles. The fourth-order valence-corrected chi connectivity index (χ4v) is 1.43. The third kappa shape index (κ3) is 1.35. The highest BCUT2D eigenvalue weighted by atomic mass is 127. The van der Waals surface area contributed by atoms with Crippen LogP contribution in [0.2, 0.25) is 0 Å². The molecule has 0 N–H and O–H groups in total. The van der Waals surface area contributed by atoms with Gasteiger partial charge in [-0.3, -0.25) is 0 Å². The van der Waals surface area contributed by atoms with Crippen molar-refractivity contribution in [1.29, 1.82) is 0 Å². The van der Waals surface area contributed by atoms with Crippen LogP contribution in [0.5, 0.6) is 0 Å². The van der Waals surface area contributed by atoms with Crippen LogP contribution in [0.4, 0.5) is 0 Å². The average Bonchev–Trinajstić information content (AvgIpc) is 2.44. The maximum Gasteiger partial charge on any atom is 0.129 e. The smallest absolute Gasteiger partial charge is 0.129 e. The van der Waals surface area contributed by atoms with Crippen molar-refractivity contribution in [2.24, 2.45) is 0 Å². The van der Waals surface area contributed by atoms with E-state index in [-0.39, 0.29) is 0 Å². The summed E-state index contributed by atoms with van der Waals surface area (Å²) in [5.41, 5.74) is 0. The molecule has 48 valence electrons. The van der Waals surface area contributed by atoms with Gasteiger partial charge in [0.15, 0.2) is 0 Å². The zero-order valence-electron chi connectivity index (χ0n) is 5.52. The lowest BCUT2D eigenvalue weighted by Gasteiger charge is -2.26. The van der Waals surface area contributed by atoms with Crippen LogP contribution >= 0.6 is 22.6 Å². The van der Waals surface area contributed by atoms with Crippen LogP contribution in [-0.4, -0.2) is 29.2 Å². The van der Waals surface area contributed by atoms with E-state index >= 15 is 0 Å². The molecular weight excluding hydrogens is 213 g/mol. The van der Waals surface area contributed by atoms with E-state index < -0.39 is 0 Å². The molecule has 8 heavy (non-hydrogen) atoms. The monoisotopic (exact) mass is 226 g/mol. The summed E-state index contributed by atoms with van der Waals surface area (Å²) in [5.74, 6) is 0. The lowest BCUT2D eigenvalue weighted by atomic mass is 10.5. The van der Waals surface area contributed by atoms with Gasteiger partial charge in [0, 0.05) is 12.8 Å². The van der Waals surface area contributed by atoms with Crippen molar-refractivity contribution in [3.8, 4) is 0 Å². The Labute approximate surface area is 64.8 Å². The van der Waals surface area contributed by atoms with Crippen molar-refractivity contribution in [1.82, 2.24) is 0 Å². The molecule has 1 fully saturated rings. The van der Waals surface area contributed by atoms with Crippen LogP contribution in [0.1, 0.15) is 12.8 Å². The summed E-state index contributed by atoms with van der Waals surface area (Å²) in [4.78, 5) is 0. The number of halogens is 1. The molecular formula is C6H13IN+. The molecule has 0 saturated heterocycles. The van der Waals surface area contributed by atoms with Crippen LogP contribution in [0.3, 0.4) is 0 Å². The number of alkyl halides is 1. The first-order chi connectivity index (χ1) is 3.67. The van der Waals surface area contributed by atoms with E-state index in [9.17, 15) is 0 Å². The van der Waals surface area contributed by atoms with E-state index in [0.29, 0.717) is 0 Å². The second-order valence-corrected chi connectivity index (χ2v) is 3.81. The normalized spacial score (nSPS) is 21.4. The Morgan fingerprint density at radius 2 is 2.00 bits per heavy atom. The van der Waals surface area contributed by atoms with Crippen molar-refractivity contribution < 1.29 is 4.48 Å². The fourth-order valence-electron chi connectivity index (χ4n) is 0.871. The second-order valence-electron chi connectivity index (χ2n) is 3.13. The Hall–Kier alpha value is 0.690. The molecule has 0 aromatic rings. The van der Waals surface area contributed by atoms with Crippen molar-refractivity contribution >= 4 is 22.6 Å². The Balaban J connectivity index is 2.37. The number of quaternary nitrogens is 1. The predicted octanol–water partition coefficient (Wildman–Crippen LogP) is 1.62. The number of nitrogens with zero attached hydrogens (tertiary/aromatic N) is 1. The Bertz CT molecular complexity index is 86.5. The minimum absolute atomic E-state index is 0.992.